The van der Waals surface area contributed by atoms with Crippen molar-refractivity contribution >= 4 is 5.84 Å². The van der Waals surface area contributed by atoms with Crippen LogP contribution in [0.3, 0.4) is 0 Å². The van der Waals surface area contributed by atoms with Gasteiger partial charge in [0.2, 0.25) is 0 Å². The largest absolute Gasteiger partial charge is 0.409 e. The highest BCUT2D eigenvalue weighted by atomic mass is 19.2. The van der Waals surface area contributed by atoms with Crippen LogP contribution in [0.15, 0.2) is 41.7 Å². The second kappa shape index (κ2) is 6.76. The molecular formula is C14H14F2N4O. The van der Waals surface area contributed by atoms with E-state index in [-0.39, 0.29) is 5.84 Å². The second-order valence-electron chi connectivity index (χ2n) is 4.39. The van der Waals surface area contributed by atoms with Gasteiger partial charge in [-0.2, -0.15) is 0 Å². The Bertz CT molecular complexity index is 661. The smallest absolute Gasteiger partial charge is 0.188 e. The van der Waals surface area contributed by atoms with Crippen LogP contribution in [-0.2, 0) is 13.1 Å². The summed E-state index contributed by atoms with van der Waals surface area (Å²) in [6.45, 7) is 0.867. The van der Waals surface area contributed by atoms with Crippen LogP contribution in [0.2, 0.25) is 0 Å². The fourth-order valence-electron chi connectivity index (χ4n) is 1.78. The van der Waals surface area contributed by atoms with E-state index in [1.165, 1.54) is 6.07 Å². The van der Waals surface area contributed by atoms with E-state index in [0.717, 1.165) is 17.7 Å². The maximum absolute atomic E-state index is 13.0. The monoisotopic (exact) mass is 292 g/mol. The highest BCUT2D eigenvalue weighted by Crippen LogP contribution is 2.09. The average Bonchev–Trinajstić information content (AvgIpc) is 2.50. The summed E-state index contributed by atoms with van der Waals surface area (Å²) >= 11 is 0. The van der Waals surface area contributed by atoms with Crippen molar-refractivity contribution in [3.8, 4) is 0 Å². The Balaban J connectivity index is 1.95. The molecule has 0 bridgehead atoms. The summed E-state index contributed by atoms with van der Waals surface area (Å²) in [5, 5.41) is 14.6. The quantitative estimate of drug-likeness (QED) is 0.339. The van der Waals surface area contributed by atoms with Gasteiger partial charge in [0, 0.05) is 19.3 Å². The number of pyridine rings is 1. The summed E-state index contributed by atoms with van der Waals surface area (Å²) in [6.07, 6.45) is 1.54. The molecule has 1 aromatic carbocycles. The summed E-state index contributed by atoms with van der Waals surface area (Å²) < 4.78 is 25.8. The molecular weight excluding hydrogens is 278 g/mol. The van der Waals surface area contributed by atoms with Crippen molar-refractivity contribution in [3.63, 3.8) is 0 Å². The normalized spacial score (nSPS) is 11.6. The Morgan fingerprint density at radius 1 is 1.14 bits per heavy atom. The number of nitrogens with one attached hydrogen (secondary N) is 1. The molecule has 2 aromatic rings. The minimum atomic E-state index is -0.868. The third-order valence-corrected chi connectivity index (χ3v) is 2.84. The molecule has 0 fully saturated rings. The first-order chi connectivity index (χ1) is 10.1. The number of nitrogens with zero attached hydrogens (tertiary/aromatic N) is 2. The van der Waals surface area contributed by atoms with E-state index in [1.54, 1.807) is 18.3 Å². The SMILES string of the molecule is NC(=NO)c1cc(CNCc2ccc(F)c(F)c2)ccn1. The van der Waals surface area contributed by atoms with Gasteiger partial charge in [-0.3, -0.25) is 4.98 Å². The Kier molecular flexibility index (Phi) is 4.78. The van der Waals surface area contributed by atoms with Crippen molar-refractivity contribution in [2.45, 2.75) is 13.1 Å². The van der Waals surface area contributed by atoms with Gasteiger partial charge in [0.15, 0.2) is 17.5 Å². The van der Waals surface area contributed by atoms with Crippen LogP contribution in [0, 0.1) is 11.6 Å². The summed E-state index contributed by atoms with van der Waals surface area (Å²) in [7, 11) is 0. The molecule has 110 valence electrons. The zero-order chi connectivity index (χ0) is 15.2. The van der Waals surface area contributed by atoms with Crippen molar-refractivity contribution < 1.29 is 14.0 Å². The number of oxime groups is 1. The Hall–Kier alpha value is -2.54. The molecule has 5 nitrogen and oxygen atoms in total. The molecule has 4 N–H and O–H groups in total. The summed E-state index contributed by atoms with van der Waals surface area (Å²) in [4.78, 5) is 3.96. The predicted molar refractivity (Wildman–Crippen MR) is 73.6 cm³/mol. The zero-order valence-electron chi connectivity index (χ0n) is 11.1. The molecule has 0 saturated carbocycles. The van der Waals surface area contributed by atoms with Gasteiger partial charge in [-0.15, -0.1) is 0 Å². The fraction of sp³-hybridized carbons (Fsp3) is 0.143. The van der Waals surface area contributed by atoms with Crippen LogP contribution < -0.4 is 11.1 Å². The first-order valence-electron chi connectivity index (χ1n) is 6.17. The summed E-state index contributed by atoms with van der Waals surface area (Å²) in [5.74, 6) is -1.80. The highest BCUT2D eigenvalue weighted by Gasteiger charge is 2.04. The third kappa shape index (κ3) is 3.96. The summed E-state index contributed by atoms with van der Waals surface area (Å²) in [6, 6.07) is 7.20. The molecule has 0 aliphatic rings. The topological polar surface area (TPSA) is 83.5 Å². The number of amidine groups is 1. The van der Waals surface area contributed by atoms with E-state index >= 15 is 0 Å². The lowest BCUT2D eigenvalue weighted by Crippen LogP contribution is -2.17. The molecule has 7 heteroatoms. The molecule has 0 unspecified atom stereocenters. The van der Waals surface area contributed by atoms with Crippen LogP contribution >= 0.6 is 0 Å². The Labute approximate surface area is 120 Å². The standard InChI is InChI=1S/C14H14F2N4O/c15-11-2-1-9(5-12(11)16)7-18-8-10-3-4-19-13(6-10)14(17)20-21/h1-6,18,21H,7-8H2,(H2,17,20). The van der Waals surface area contributed by atoms with E-state index in [9.17, 15) is 8.78 Å². The molecule has 0 radical (unpaired) electrons. The lowest BCUT2D eigenvalue weighted by molar-refractivity contribution is 0.318. The van der Waals surface area contributed by atoms with Gasteiger partial charge in [0.25, 0.3) is 0 Å². The lowest BCUT2D eigenvalue weighted by Gasteiger charge is -2.07. The molecule has 1 heterocycles. The average molecular weight is 292 g/mol. The van der Waals surface area contributed by atoms with Gasteiger partial charge < -0.3 is 16.3 Å². The number of rotatable bonds is 5. The summed E-state index contributed by atoms with van der Waals surface area (Å²) in [5.41, 5.74) is 7.33. The van der Waals surface area contributed by atoms with Crippen LogP contribution in [0.4, 0.5) is 8.78 Å². The Morgan fingerprint density at radius 3 is 2.52 bits per heavy atom. The van der Waals surface area contributed by atoms with Crippen molar-refractivity contribution in [2.75, 3.05) is 0 Å². The van der Waals surface area contributed by atoms with Crippen LogP contribution in [0.5, 0.6) is 0 Å². The number of nitrogens with two attached hydrogens (primary N) is 1. The van der Waals surface area contributed by atoms with Gasteiger partial charge in [-0.05, 0) is 35.4 Å². The minimum absolute atomic E-state index is 0.0718. The molecule has 21 heavy (non-hydrogen) atoms. The number of benzene rings is 1. The number of aromatic nitrogens is 1. The van der Waals surface area contributed by atoms with Gasteiger partial charge in [0.1, 0.15) is 5.69 Å². The molecule has 1 aromatic heterocycles. The van der Waals surface area contributed by atoms with E-state index < -0.39 is 11.6 Å². The van der Waals surface area contributed by atoms with Crippen LogP contribution in [-0.4, -0.2) is 16.0 Å². The molecule has 0 saturated heterocycles. The van der Waals surface area contributed by atoms with Gasteiger partial charge in [-0.1, -0.05) is 11.2 Å². The highest BCUT2D eigenvalue weighted by molar-refractivity contribution is 5.95. The first kappa shape index (κ1) is 14.9. The lowest BCUT2D eigenvalue weighted by atomic mass is 10.2. The second-order valence-corrected chi connectivity index (χ2v) is 4.39. The van der Waals surface area contributed by atoms with E-state index in [2.05, 4.69) is 15.5 Å². The number of hydrogen-bond acceptors (Lipinski definition) is 4. The van der Waals surface area contributed by atoms with Crippen LogP contribution in [0.1, 0.15) is 16.8 Å². The zero-order valence-corrected chi connectivity index (χ0v) is 11.1. The Morgan fingerprint density at radius 2 is 1.86 bits per heavy atom. The van der Waals surface area contributed by atoms with E-state index in [1.807, 2.05) is 0 Å². The number of hydrogen-bond donors (Lipinski definition) is 3. The van der Waals surface area contributed by atoms with Gasteiger partial charge in [0.05, 0.1) is 0 Å². The van der Waals surface area contributed by atoms with Crippen molar-refractivity contribution in [1.29, 1.82) is 0 Å². The molecule has 2 rings (SSSR count). The van der Waals surface area contributed by atoms with E-state index in [4.69, 9.17) is 10.9 Å². The maximum Gasteiger partial charge on any atom is 0.188 e. The molecule has 0 amide bonds. The molecule has 0 atom stereocenters. The van der Waals surface area contributed by atoms with Crippen molar-refractivity contribution in [3.05, 3.63) is 65.0 Å². The van der Waals surface area contributed by atoms with Crippen molar-refractivity contribution in [1.82, 2.24) is 10.3 Å². The maximum atomic E-state index is 13.0. The molecule has 0 aliphatic carbocycles. The van der Waals surface area contributed by atoms with Gasteiger partial charge >= 0.3 is 0 Å². The fourth-order valence-corrected chi connectivity index (χ4v) is 1.78. The minimum Gasteiger partial charge on any atom is -0.409 e. The molecule has 0 spiro atoms. The number of halogens is 2. The van der Waals surface area contributed by atoms with Gasteiger partial charge in [-0.25, -0.2) is 8.78 Å². The van der Waals surface area contributed by atoms with Crippen molar-refractivity contribution in [2.24, 2.45) is 10.9 Å². The molecule has 0 aliphatic heterocycles. The van der Waals surface area contributed by atoms with E-state index in [0.29, 0.717) is 24.3 Å². The first-order valence-corrected chi connectivity index (χ1v) is 6.17. The van der Waals surface area contributed by atoms with Crippen LogP contribution in [0.25, 0.3) is 0 Å². The third-order valence-electron chi connectivity index (χ3n) is 2.84. The predicted octanol–water partition coefficient (Wildman–Crippen LogP) is 1.74.